The number of hydrogen-bond acceptors (Lipinski definition) is 4. The predicted octanol–water partition coefficient (Wildman–Crippen LogP) is 3.85. The summed E-state index contributed by atoms with van der Waals surface area (Å²) in [6.07, 6.45) is -2.65. The number of methoxy groups -OCH3 is 1. The molecule has 116 valence electrons. The molecule has 4 nitrogen and oxygen atoms in total. The second kappa shape index (κ2) is 6.23. The summed E-state index contributed by atoms with van der Waals surface area (Å²) in [5.74, 6) is -1.83. The number of aromatic nitrogens is 1. The fourth-order valence-corrected chi connectivity index (χ4v) is 1.97. The minimum absolute atomic E-state index is 0.176. The van der Waals surface area contributed by atoms with Crippen molar-refractivity contribution >= 4 is 23.3 Å². The van der Waals surface area contributed by atoms with Gasteiger partial charge in [-0.2, -0.15) is 0 Å². The number of carbonyl (C=O) groups is 1. The van der Waals surface area contributed by atoms with E-state index < -0.39 is 23.9 Å². The smallest absolute Gasteiger partial charge is 0.358 e. The number of rotatable bonds is 3. The molecule has 2 N–H and O–H groups in total. The lowest BCUT2D eigenvalue weighted by Gasteiger charge is -2.11. The van der Waals surface area contributed by atoms with Crippen molar-refractivity contribution in [2.45, 2.75) is 6.43 Å². The first kappa shape index (κ1) is 16.1. The first-order valence-corrected chi connectivity index (χ1v) is 6.35. The normalized spacial score (nSPS) is 10.8. The molecule has 0 atom stereocenters. The number of anilines is 1. The van der Waals surface area contributed by atoms with E-state index in [1.807, 2.05) is 0 Å². The van der Waals surface area contributed by atoms with Gasteiger partial charge in [0, 0.05) is 11.1 Å². The van der Waals surface area contributed by atoms with Gasteiger partial charge < -0.3 is 10.5 Å². The fourth-order valence-electron chi connectivity index (χ4n) is 1.77. The van der Waals surface area contributed by atoms with E-state index in [1.54, 1.807) is 0 Å². The molecule has 1 heterocycles. The Morgan fingerprint density at radius 2 is 1.91 bits per heavy atom. The molecule has 8 heteroatoms. The molecule has 2 aromatic rings. The molecule has 0 aliphatic carbocycles. The van der Waals surface area contributed by atoms with Crippen LogP contribution in [0.15, 0.2) is 24.3 Å². The summed E-state index contributed by atoms with van der Waals surface area (Å²) in [5, 5.41) is -0.364. The van der Waals surface area contributed by atoms with E-state index in [9.17, 15) is 18.0 Å². The molecule has 0 aliphatic rings. The number of ether oxygens (including phenoxy) is 1. The maximum atomic E-state index is 14.2. The second-order valence-corrected chi connectivity index (χ2v) is 4.64. The maximum Gasteiger partial charge on any atom is 0.358 e. The number of nitrogens with zero attached hydrogens (tertiary/aromatic N) is 1. The summed E-state index contributed by atoms with van der Waals surface area (Å²) in [6, 6.07) is 4.76. The van der Waals surface area contributed by atoms with Gasteiger partial charge in [0.2, 0.25) is 0 Å². The molecule has 0 unspecified atom stereocenters. The third-order valence-electron chi connectivity index (χ3n) is 2.93. The molecular weight excluding hydrogens is 321 g/mol. The highest BCUT2D eigenvalue weighted by molar-refractivity contribution is 6.35. The van der Waals surface area contributed by atoms with Gasteiger partial charge in [-0.15, -0.1) is 0 Å². The van der Waals surface area contributed by atoms with E-state index in [-0.39, 0.29) is 27.5 Å². The fraction of sp³-hybridized carbons (Fsp3) is 0.143. The number of benzene rings is 1. The van der Waals surface area contributed by atoms with Crippen molar-refractivity contribution in [1.82, 2.24) is 4.98 Å². The van der Waals surface area contributed by atoms with Crippen molar-refractivity contribution in [3.63, 3.8) is 0 Å². The summed E-state index contributed by atoms with van der Waals surface area (Å²) >= 11 is 5.77. The van der Waals surface area contributed by atoms with Crippen LogP contribution in [0.5, 0.6) is 0 Å². The van der Waals surface area contributed by atoms with Crippen molar-refractivity contribution in [2.24, 2.45) is 0 Å². The van der Waals surface area contributed by atoms with Crippen molar-refractivity contribution < 1.29 is 22.7 Å². The molecule has 1 aromatic heterocycles. The lowest BCUT2D eigenvalue weighted by molar-refractivity contribution is 0.0594. The highest BCUT2D eigenvalue weighted by Gasteiger charge is 2.22. The molecule has 1 aromatic carbocycles. The van der Waals surface area contributed by atoms with E-state index in [2.05, 4.69) is 9.72 Å². The quantitative estimate of drug-likeness (QED) is 0.868. The van der Waals surface area contributed by atoms with Gasteiger partial charge in [-0.3, -0.25) is 0 Å². The standard InChI is InChI=1S/C14H10ClF3N2O2/c1-22-14(21)12-8(15)10(19)9(16)11(20-12)6-2-4-7(5-3-6)13(17)18/h2-5,13H,1H3,(H2,19,20). The number of nitrogen functional groups attached to an aromatic ring is 1. The molecule has 0 radical (unpaired) electrons. The van der Waals surface area contributed by atoms with E-state index in [1.165, 1.54) is 12.1 Å². The van der Waals surface area contributed by atoms with E-state index in [0.29, 0.717) is 0 Å². The lowest BCUT2D eigenvalue weighted by atomic mass is 10.1. The van der Waals surface area contributed by atoms with Crippen molar-refractivity contribution in [2.75, 3.05) is 12.8 Å². The van der Waals surface area contributed by atoms with Crippen LogP contribution in [-0.4, -0.2) is 18.1 Å². The number of esters is 1. The average Bonchev–Trinajstić information content (AvgIpc) is 2.52. The summed E-state index contributed by atoms with van der Waals surface area (Å²) in [6.45, 7) is 0. The average molecular weight is 331 g/mol. The van der Waals surface area contributed by atoms with Gasteiger partial charge in [0.05, 0.1) is 17.8 Å². The molecule has 0 fully saturated rings. The number of nitrogens with two attached hydrogens (primary N) is 1. The monoisotopic (exact) mass is 330 g/mol. The minimum Gasteiger partial charge on any atom is -0.464 e. The zero-order chi connectivity index (χ0) is 16.4. The number of hydrogen-bond donors (Lipinski definition) is 1. The van der Waals surface area contributed by atoms with Gasteiger partial charge in [0.1, 0.15) is 5.69 Å². The Balaban J connectivity index is 2.59. The van der Waals surface area contributed by atoms with Crippen molar-refractivity contribution in [1.29, 1.82) is 0 Å². The Labute approximate surface area is 128 Å². The first-order valence-electron chi connectivity index (χ1n) is 5.98. The Morgan fingerprint density at radius 1 is 1.32 bits per heavy atom. The maximum absolute atomic E-state index is 14.2. The summed E-state index contributed by atoms with van der Waals surface area (Å²) in [7, 11) is 1.11. The molecule has 0 saturated heterocycles. The van der Waals surface area contributed by atoms with E-state index >= 15 is 0 Å². The van der Waals surface area contributed by atoms with Gasteiger partial charge >= 0.3 is 5.97 Å². The van der Waals surface area contributed by atoms with Crippen molar-refractivity contribution in [3.05, 3.63) is 46.4 Å². The van der Waals surface area contributed by atoms with Crippen LogP contribution in [0, 0.1) is 5.82 Å². The number of carbonyl (C=O) groups excluding carboxylic acids is 1. The predicted molar refractivity (Wildman–Crippen MR) is 75.3 cm³/mol. The Kier molecular flexibility index (Phi) is 4.56. The van der Waals surface area contributed by atoms with Crippen LogP contribution in [0.2, 0.25) is 5.02 Å². The molecule has 0 amide bonds. The summed E-state index contributed by atoms with van der Waals surface area (Å²) < 4.78 is 43.7. The largest absolute Gasteiger partial charge is 0.464 e. The topological polar surface area (TPSA) is 65.2 Å². The molecule has 22 heavy (non-hydrogen) atoms. The van der Waals surface area contributed by atoms with Gasteiger partial charge in [-0.05, 0) is 0 Å². The van der Waals surface area contributed by atoms with Crippen molar-refractivity contribution in [3.8, 4) is 11.3 Å². The Hall–Kier alpha value is -2.28. The van der Waals surface area contributed by atoms with Gasteiger partial charge in [-0.1, -0.05) is 35.9 Å². The zero-order valence-electron chi connectivity index (χ0n) is 11.2. The molecule has 0 bridgehead atoms. The van der Waals surface area contributed by atoms with Gasteiger partial charge in [-0.25, -0.2) is 22.9 Å². The van der Waals surface area contributed by atoms with Crippen LogP contribution in [0.3, 0.4) is 0 Å². The number of halogens is 4. The lowest BCUT2D eigenvalue weighted by Crippen LogP contribution is -2.10. The summed E-state index contributed by atoms with van der Waals surface area (Å²) in [4.78, 5) is 15.4. The first-order chi connectivity index (χ1) is 10.4. The Morgan fingerprint density at radius 3 is 2.41 bits per heavy atom. The van der Waals surface area contributed by atoms with Gasteiger partial charge in [0.25, 0.3) is 6.43 Å². The zero-order valence-corrected chi connectivity index (χ0v) is 12.0. The third kappa shape index (κ3) is 2.85. The van der Waals surface area contributed by atoms with Crippen LogP contribution in [-0.2, 0) is 4.74 Å². The molecule has 0 aliphatic heterocycles. The van der Waals surface area contributed by atoms with Crippen LogP contribution < -0.4 is 5.73 Å². The number of pyridine rings is 1. The van der Waals surface area contributed by atoms with Crippen LogP contribution >= 0.6 is 11.6 Å². The molecule has 0 saturated carbocycles. The Bertz CT molecular complexity index is 721. The molecule has 0 spiro atoms. The van der Waals surface area contributed by atoms with E-state index in [4.69, 9.17) is 17.3 Å². The molecule has 2 rings (SSSR count). The van der Waals surface area contributed by atoms with Crippen LogP contribution in [0.4, 0.5) is 18.9 Å². The van der Waals surface area contributed by atoms with Gasteiger partial charge in [0.15, 0.2) is 11.5 Å². The highest BCUT2D eigenvalue weighted by Crippen LogP contribution is 2.33. The summed E-state index contributed by atoms with van der Waals surface area (Å²) in [5.41, 5.74) is 4.38. The molecular formula is C14H10ClF3N2O2. The van der Waals surface area contributed by atoms with E-state index in [0.717, 1.165) is 19.2 Å². The minimum atomic E-state index is -2.65. The number of alkyl halides is 2. The SMILES string of the molecule is COC(=O)c1nc(-c2ccc(C(F)F)cc2)c(F)c(N)c1Cl. The second-order valence-electron chi connectivity index (χ2n) is 4.26. The third-order valence-corrected chi connectivity index (χ3v) is 3.31. The van der Waals surface area contributed by atoms with Crippen LogP contribution in [0.1, 0.15) is 22.5 Å². The van der Waals surface area contributed by atoms with Crippen LogP contribution in [0.25, 0.3) is 11.3 Å². The highest BCUT2D eigenvalue weighted by atomic mass is 35.5.